The molecule has 1 unspecified atom stereocenters. The highest BCUT2D eigenvalue weighted by Crippen LogP contribution is 2.27. The molecule has 1 aromatic heterocycles. The molecule has 0 bridgehead atoms. The normalized spacial score (nSPS) is 12.3. The molecule has 3 nitrogen and oxygen atoms in total. The molecule has 108 valence electrons. The molecule has 1 atom stereocenters. The van der Waals surface area contributed by atoms with Crippen LogP contribution in [0.15, 0.2) is 36.5 Å². The van der Waals surface area contributed by atoms with Gasteiger partial charge in [-0.3, -0.25) is 0 Å². The lowest BCUT2D eigenvalue weighted by Crippen LogP contribution is -2.18. The van der Waals surface area contributed by atoms with Gasteiger partial charge in [-0.05, 0) is 25.5 Å². The summed E-state index contributed by atoms with van der Waals surface area (Å²) in [7, 11) is 2.10. The lowest BCUT2D eigenvalue weighted by molar-refractivity contribution is 0.577. The summed E-state index contributed by atoms with van der Waals surface area (Å²) >= 11 is 1.77. The molecule has 0 spiro atoms. The number of rotatable bonds is 7. The molecule has 20 heavy (non-hydrogen) atoms. The van der Waals surface area contributed by atoms with Crippen LogP contribution in [0.4, 0.5) is 5.13 Å². The first-order chi connectivity index (χ1) is 9.70. The van der Waals surface area contributed by atoms with E-state index in [9.17, 15) is 0 Å². The molecule has 0 radical (unpaired) electrons. The average molecular weight is 289 g/mol. The Labute approximate surface area is 125 Å². The highest BCUT2D eigenvalue weighted by Gasteiger charge is 2.11. The molecule has 1 aromatic carbocycles. The standard InChI is InChI=1S/C16H23N3S/c1-4-10-17-13(2)15-11-18-16(20-15)19(3)12-14-8-6-5-7-9-14/h5-9,11,13,17H,4,10,12H2,1-3H3. The van der Waals surface area contributed by atoms with Crippen LogP contribution in [0.5, 0.6) is 0 Å². The Bertz CT molecular complexity index is 509. The Balaban J connectivity index is 1.97. The zero-order chi connectivity index (χ0) is 14.4. The van der Waals surface area contributed by atoms with Crippen molar-refractivity contribution in [1.82, 2.24) is 10.3 Å². The molecule has 0 aliphatic rings. The number of aromatic nitrogens is 1. The molecule has 1 heterocycles. The maximum atomic E-state index is 4.55. The van der Waals surface area contributed by atoms with Crippen molar-refractivity contribution in [3.8, 4) is 0 Å². The van der Waals surface area contributed by atoms with E-state index in [2.05, 4.69) is 60.4 Å². The maximum Gasteiger partial charge on any atom is 0.185 e. The van der Waals surface area contributed by atoms with E-state index < -0.39 is 0 Å². The van der Waals surface area contributed by atoms with Crippen molar-refractivity contribution in [2.75, 3.05) is 18.5 Å². The zero-order valence-electron chi connectivity index (χ0n) is 12.5. The van der Waals surface area contributed by atoms with Crippen LogP contribution in [0.25, 0.3) is 0 Å². The van der Waals surface area contributed by atoms with E-state index in [4.69, 9.17) is 0 Å². The van der Waals surface area contributed by atoms with Crippen LogP contribution in [-0.4, -0.2) is 18.6 Å². The van der Waals surface area contributed by atoms with Crippen LogP contribution >= 0.6 is 11.3 Å². The minimum atomic E-state index is 0.381. The van der Waals surface area contributed by atoms with Crippen LogP contribution in [0.2, 0.25) is 0 Å². The van der Waals surface area contributed by atoms with Crippen molar-refractivity contribution >= 4 is 16.5 Å². The second-order valence-electron chi connectivity index (χ2n) is 5.06. The number of nitrogens with one attached hydrogen (secondary N) is 1. The Kier molecular flexibility index (Phi) is 5.56. The summed E-state index contributed by atoms with van der Waals surface area (Å²) in [4.78, 5) is 8.05. The molecule has 2 aromatic rings. The molecule has 0 saturated carbocycles. The topological polar surface area (TPSA) is 28.2 Å². The fourth-order valence-electron chi connectivity index (χ4n) is 2.04. The first kappa shape index (κ1) is 15.0. The second-order valence-corrected chi connectivity index (χ2v) is 6.10. The highest BCUT2D eigenvalue weighted by molar-refractivity contribution is 7.15. The van der Waals surface area contributed by atoms with Gasteiger partial charge in [0.1, 0.15) is 0 Å². The number of nitrogens with zero attached hydrogens (tertiary/aromatic N) is 2. The number of benzene rings is 1. The van der Waals surface area contributed by atoms with Gasteiger partial charge in [-0.25, -0.2) is 4.98 Å². The summed E-state index contributed by atoms with van der Waals surface area (Å²) in [5.41, 5.74) is 1.31. The van der Waals surface area contributed by atoms with Gasteiger partial charge in [-0.1, -0.05) is 37.3 Å². The lowest BCUT2D eigenvalue weighted by atomic mass is 10.2. The van der Waals surface area contributed by atoms with Crippen molar-refractivity contribution in [2.24, 2.45) is 0 Å². The van der Waals surface area contributed by atoms with Crippen molar-refractivity contribution < 1.29 is 0 Å². The van der Waals surface area contributed by atoms with Gasteiger partial charge in [0.25, 0.3) is 0 Å². The fourth-order valence-corrected chi connectivity index (χ4v) is 2.94. The lowest BCUT2D eigenvalue weighted by Gasteiger charge is -2.15. The molecule has 1 N–H and O–H groups in total. The van der Waals surface area contributed by atoms with Crippen LogP contribution in [0, 0.1) is 0 Å². The van der Waals surface area contributed by atoms with Crippen LogP contribution < -0.4 is 10.2 Å². The van der Waals surface area contributed by atoms with E-state index in [0.29, 0.717) is 6.04 Å². The second kappa shape index (κ2) is 7.41. The summed E-state index contributed by atoms with van der Waals surface area (Å²) < 4.78 is 0. The van der Waals surface area contributed by atoms with Gasteiger partial charge in [-0.2, -0.15) is 0 Å². The molecule has 0 saturated heterocycles. The monoisotopic (exact) mass is 289 g/mol. The van der Waals surface area contributed by atoms with E-state index >= 15 is 0 Å². The minimum Gasteiger partial charge on any atom is -0.347 e. The SMILES string of the molecule is CCCNC(C)c1cnc(N(C)Cc2ccccc2)s1. The van der Waals surface area contributed by atoms with Crippen molar-refractivity contribution in [3.63, 3.8) is 0 Å². The fraction of sp³-hybridized carbons (Fsp3) is 0.438. The predicted molar refractivity (Wildman–Crippen MR) is 87.4 cm³/mol. The summed E-state index contributed by atoms with van der Waals surface area (Å²) in [6, 6.07) is 10.9. The molecule has 0 amide bonds. The highest BCUT2D eigenvalue weighted by atomic mass is 32.1. The van der Waals surface area contributed by atoms with Gasteiger partial charge in [0, 0.05) is 30.7 Å². The van der Waals surface area contributed by atoms with Gasteiger partial charge in [0.2, 0.25) is 0 Å². The van der Waals surface area contributed by atoms with E-state index in [0.717, 1.165) is 24.6 Å². The van der Waals surface area contributed by atoms with E-state index in [1.54, 1.807) is 11.3 Å². The summed E-state index contributed by atoms with van der Waals surface area (Å²) in [6.45, 7) is 6.33. The third kappa shape index (κ3) is 4.05. The smallest absolute Gasteiger partial charge is 0.185 e. The third-order valence-corrected chi connectivity index (χ3v) is 4.52. The average Bonchev–Trinajstić information content (AvgIpc) is 2.96. The largest absolute Gasteiger partial charge is 0.347 e. The molecule has 0 fully saturated rings. The van der Waals surface area contributed by atoms with Crippen molar-refractivity contribution in [3.05, 3.63) is 47.0 Å². The Hall–Kier alpha value is -1.39. The molecular formula is C16H23N3S. The van der Waals surface area contributed by atoms with Crippen LogP contribution in [0.1, 0.15) is 36.8 Å². The third-order valence-electron chi connectivity index (χ3n) is 3.23. The zero-order valence-corrected chi connectivity index (χ0v) is 13.3. The Morgan fingerprint density at radius 2 is 2.05 bits per heavy atom. The van der Waals surface area contributed by atoms with Crippen molar-refractivity contribution in [1.29, 1.82) is 0 Å². The van der Waals surface area contributed by atoms with E-state index in [1.165, 1.54) is 10.4 Å². The number of hydrogen-bond donors (Lipinski definition) is 1. The molecule has 4 heteroatoms. The Morgan fingerprint density at radius 3 is 2.75 bits per heavy atom. The molecule has 0 aliphatic heterocycles. The summed E-state index contributed by atoms with van der Waals surface area (Å²) in [6.07, 6.45) is 3.15. The minimum absolute atomic E-state index is 0.381. The van der Waals surface area contributed by atoms with Gasteiger partial charge in [0.05, 0.1) is 0 Å². The van der Waals surface area contributed by atoms with Gasteiger partial charge in [0.15, 0.2) is 5.13 Å². The quantitative estimate of drug-likeness (QED) is 0.839. The van der Waals surface area contributed by atoms with Crippen molar-refractivity contribution in [2.45, 2.75) is 32.9 Å². The Morgan fingerprint density at radius 1 is 1.30 bits per heavy atom. The summed E-state index contributed by atoms with van der Waals surface area (Å²) in [5.74, 6) is 0. The number of hydrogen-bond acceptors (Lipinski definition) is 4. The maximum absolute atomic E-state index is 4.55. The summed E-state index contributed by atoms with van der Waals surface area (Å²) in [5, 5.41) is 4.58. The van der Waals surface area contributed by atoms with Gasteiger partial charge < -0.3 is 10.2 Å². The first-order valence-electron chi connectivity index (χ1n) is 7.15. The van der Waals surface area contributed by atoms with E-state index in [-0.39, 0.29) is 0 Å². The van der Waals surface area contributed by atoms with Gasteiger partial charge >= 0.3 is 0 Å². The molecule has 2 rings (SSSR count). The van der Waals surface area contributed by atoms with E-state index in [1.807, 2.05) is 12.3 Å². The molecule has 0 aliphatic carbocycles. The first-order valence-corrected chi connectivity index (χ1v) is 7.96. The predicted octanol–water partition coefficient (Wildman–Crippen LogP) is 3.84. The van der Waals surface area contributed by atoms with Gasteiger partial charge in [-0.15, -0.1) is 11.3 Å². The number of thiazole rings is 1. The van der Waals surface area contributed by atoms with Crippen LogP contribution in [-0.2, 0) is 6.54 Å². The number of anilines is 1. The molecular weight excluding hydrogens is 266 g/mol. The van der Waals surface area contributed by atoms with Crippen LogP contribution in [0.3, 0.4) is 0 Å².